The summed E-state index contributed by atoms with van der Waals surface area (Å²) in [7, 11) is 5.93. The normalized spacial score (nSPS) is 12.7. The standard InChI is InChI=1S/C60H117NO8/c1-6-8-10-12-14-16-18-20-22-23-24-25-26-27-28-29-30-31-32-33-34-35-36-37-39-41-43-45-47-49-51-58(63)69-56(55-68-60(59(64)65)66-53-52-61(3,4)5)54-67-57(62)50-48-46-44-42-40-38-21-19-17-15-13-11-9-7-2/h56,60H,6-55H2,1-5H3. The molecule has 2 unspecified atom stereocenters. The molecule has 0 fully saturated rings. The van der Waals surface area contributed by atoms with Crippen molar-refractivity contribution in [3.8, 4) is 0 Å². The lowest BCUT2D eigenvalue weighted by Gasteiger charge is -2.26. The van der Waals surface area contributed by atoms with E-state index in [1.165, 1.54) is 244 Å². The molecule has 0 saturated heterocycles. The molecule has 9 heteroatoms. The molecule has 0 aliphatic rings. The summed E-state index contributed by atoms with van der Waals surface area (Å²) < 4.78 is 22.7. The van der Waals surface area contributed by atoms with E-state index in [9.17, 15) is 19.5 Å². The third-order valence-corrected chi connectivity index (χ3v) is 13.9. The molecule has 0 rings (SSSR count). The van der Waals surface area contributed by atoms with Gasteiger partial charge >= 0.3 is 11.9 Å². The summed E-state index contributed by atoms with van der Waals surface area (Å²) in [5.41, 5.74) is 0. The van der Waals surface area contributed by atoms with Crippen LogP contribution in [0.15, 0.2) is 0 Å². The minimum atomic E-state index is -1.61. The number of nitrogens with zero attached hydrogens (tertiary/aromatic N) is 1. The number of unbranched alkanes of at least 4 members (excludes halogenated alkanes) is 42. The van der Waals surface area contributed by atoms with E-state index in [-0.39, 0.29) is 32.2 Å². The zero-order chi connectivity index (χ0) is 50.6. The number of rotatable bonds is 57. The third kappa shape index (κ3) is 53.9. The van der Waals surface area contributed by atoms with E-state index in [4.69, 9.17) is 18.9 Å². The van der Waals surface area contributed by atoms with Crippen molar-refractivity contribution < 1.29 is 42.9 Å². The van der Waals surface area contributed by atoms with Crippen molar-refractivity contribution in [2.75, 3.05) is 47.5 Å². The first-order valence-electron chi connectivity index (χ1n) is 30.2. The third-order valence-electron chi connectivity index (χ3n) is 13.9. The summed E-state index contributed by atoms with van der Waals surface area (Å²) in [6.07, 6.45) is 56.0. The van der Waals surface area contributed by atoms with Gasteiger partial charge in [0, 0.05) is 12.8 Å². The maximum Gasteiger partial charge on any atom is 0.306 e. The average Bonchev–Trinajstić information content (AvgIpc) is 3.31. The zero-order valence-electron chi connectivity index (χ0n) is 46.7. The van der Waals surface area contributed by atoms with Gasteiger partial charge in [0.15, 0.2) is 12.4 Å². The first-order valence-corrected chi connectivity index (χ1v) is 30.2. The van der Waals surface area contributed by atoms with Crippen LogP contribution >= 0.6 is 0 Å². The Morgan fingerprint density at radius 3 is 0.928 bits per heavy atom. The SMILES string of the molecule is CCCCCCCCCCCCCCCCCCCCCCCCCCCCCCCCC(=O)OC(COC(=O)CCCCCCCCCCCCCCCC)COC(OCC[N+](C)(C)C)C(=O)[O-]. The van der Waals surface area contributed by atoms with Crippen molar-refractivity contribution in [3.05, 3.63) is 0 Å². The van der Waals surface area contributed by atoms with Crippen LogP contribution in [0, 0.1) is 0 Å². The molecule has 0 N–H and O–H groups in total. The molecule has 0 spiro atoms. The smallest absolute Gasteiger partial charge is 0.306 e. The molecule has 0 aromatic heterocycles. The molecule has 0 aliphatic heterocycles. The Kier molecular flexibility index (Phi) is 51.3. The second-order valence-corrected chi connectivity index (χ2v) is 22.0. The highest BCUT2D eigenvalue weighted by atomic mass is 16.7. The number of carbonyl (C=O) groups is 3. The van der Waals surface area contributed by atoms with Gasteiger partial charge in [-0.3, -0.25) is 9.59 Å². The number of carboxylic acids is 1. The second kappa shape index (κ2) is 52.6. The van der Waals surface area contributed by atoms with Crippen molar-refractivity contribution in [3.63, 3.8) is 0 Å². The van der Waals surface area contributed by atoms with E-state index in [1.54, 1.807) is 0 Å². The van der Waals surface area contributed by atoms with Crippen LogP contribution in [0.1, 0.15) is 309 Å². The fourth-order valence-corrected chi connectivity index (χ4v) is 9.19. The van der Waals surface area contributed by atoms with Gasteiger partial charge in [0.05, 0.1) is 40.3 Å². The van der Waals surface area contributed by atoms with Crippen molar-refractivity contribution in [1.29, 1.82) is 0 Å². The van der Waals surface area contributed by atoms with Crippen LogP contribution in [0.4, 0.5) is 0 Å². The lowest BCUT2D eigenvalue weighted by atomic mass is 10.0. The Bertz CT molecular complexity index is 1100. The minimum Gasteiger partial charge on any atom is -0.545 e. The van der Waals surface area contributed by atoms with Crippen LogP contribution in [0.5, 0.6) is 0 Å². The fourth-order valence-electron chi connectivity index (χ4n) is 9.19. The van der Waals surface area contributed by atoms with Gasteiger partial charge in [0.2, 0.25) is 0 Å². The highest BCUT2D eigenvalue weighted by molar-refractivity contribution is 5.70. The topological polar surface area (TPSA) is 111 Å². The van der Waals surface area contributed by atoms with Crippen molar-refractivity contribution in [1.82, 2.24) is 0 Å². The summed E-state index contributed by atoms with van der Waals surface area (Å²) in [6, 6.07) is 0. The van der Waals surface area contributed by atoms with Gasteiger partial charge in [-0.2, -0.15) is 0 Å². The van der Waals surface area contributed by atoms with E-state index in [1.807, 2.05) is 21.1 Å². The summed E-state index contributed by atoms with van der Waals surface area (Å²) in [5.74, 6) is -2.25. The summed E-state index contributed by atoms with van der Waals surface area (Å²) >= 11 is 0. The van der Waals surface area contributed by atoms with E-state index in [2.05, 4.69) is 13.8 Å². The first kappa shape index (κ1) is 67.3. The Labute approximate surface area is 428 Å². The highest BCUT2D eigenvalue weighted by Gasteiger charge is 2.22. The number of carboxylic acid groups (broad SMARTS) is 1. The van der Waals surface area contributed by atoms with Crippen LogP contribution in [-0.4, -0.2) is 82.3 Å². The van der Waals surface area contributed by atoms with E-state index in [0.29, 0.717) is 17.4 Å². The Morgan fingerprint density at radius 1 is 0.377 bits per heavy atom. The maximum atomic E-state index is 12.9. The van der Waals surface area contributed by atoms with Gasteiger partial charge in [-0.1, -0.05) is 284 Å². The van der Waals surface area contributed by atoms with Gasteiger partial charge in [-0.05, 0) is 12.8 Å². The van der Waals surface area contributed by atoms with Gasteiger partial charge in [0.1, 0.15) is 13.2 Å². The van der Waals surface area contributed by atoms with Crippen LogP contribution in [0.2, 0.25) is 0 Å². The quantitative estimate of drug-likeness (QED) is 0.0256. The van der Waals surface area contributed by atoms with Gasteiger partial charge in [0.25, 0.3) is 0 Å². The molecule has 0 amide bonds. The zero-order valence-corrected chi connectivity index (χ0v) is 46.7. The molecule has 0 radical (unpaired) electrons. The maximum absolute atomic E-state index is 12.9. The average molecular weight is 981 g/mol. The highest BCUT2D eigenvalue weighted by Crippen LogP contribution is 2.18. The minimum absolute atomic E-state index is 0.153. The van der Waals surface area contributed by atoms with E-state index in [0.717, 1.165) is 38.5 Å². The number of esters is 2. The van der Waals surface area contributed by atoms with Crippen LogP contribution in [-0.2, 0) is 33.3 Å². The second-order valence-electron chi connectivity index (χ2n) is 22.0. The summed E-state index contributed by atoms with van der Waals surface area (Å²) in [5, 5.41) is 11.8. The first-order chi connectivity index (χ1) is 33.6. The molecular weight excluding hydrogens is 863 g/mol. The number of hydrogen-bond donors (Lipinski definition) is 0. The summed E-state index contributed by atoms with van der Waals surface area (Å²) in [6.45, 7) is 4.81. The number of ether oxygens (including phenoxy) is 4. The Balaban J connectivity index is 4.05. The molecule has 9 nitrogen and oxygen atoms in total. The largest absolute Gasteiger partial charge is 0.545 e. The number of quaternary nitrogens is 1. The van der Waals surface area contributed by atoms with Crippen LogP contribution < -0.4 is 5.11 Å². The number of likely N-dealkylation sites (N-methyl/N-ethyl adjacent to an activating group) is 1. The van der Waals surface area contributed by atoms with E-state index < -0.39 is 24.3 Å². The molecule has 2 atom stereocenters. The molecule has 0 aromatic carbocycles. The monoisotopic (exact) mass is 980 g/mol. The molecular formula is C60H117NO8. The Hall–Kier alpha value is -1.71. The van der Waals surface area contributed by atoms with Gasteiger partial charge in [-0.25, -0.2) is 0 Å². The molecule has 0 heterocycles. The van der Waals surface area contributed by atoms with Crippen LogP contribution in [0.25, 0.3) is 0 Å². The molecule has 410 valence electrons. The number of hydrogen-bond acceptors (Lipinski definition) is 8. The molecule has 0 aliphatic carbocycles. The van der Waals surface area contributed by atoms with Crippen molar-refractivity contribution in [2.24, 2.45) is 0 Å². The van der Waals surface area contributed by atoms with Crippen molar-refractivity contribution >= 4 is 17.9 Å². The van der Waals surface area contributed by atoms with Gasteiger partial charge < -0.3 is 33.3 Å². The molecule has 0 aromatic rings. The van der Waals surface area contributed by atoms with E-state index >= 15 is 0 Å². The predicted molar refractivity (Wildman–Crippen MR) is 288 cm³/mol. The van der Waals surface area contributed by atoms with Crippen LogP contribution in [0.3, 0.4) is 0 Å². The predicted octanol–water partition coefficient (Wildman–Crippen LogP) is 16.2. The molecule has 0 saturated carbocycles. The number of aliphatic carboxylic acids is 1. The Morgan fingerprint density at radius 2 is 0.652 bits per heavy atom. The lowest BCUT2D eigenvalue weighted by molar-refractivity contribution is -0.870. The number of carbonyl (C=O) groups excluding carboxylic acids is 3. The van der Waals surface area contributed by atoms with Gasteiger partial charge in [-0.15, -0.1) is 0 Å². The molecule has 0 bridgehead atoms. The van der Waals surface area contributed by atoms with Crippen molar-refractivity contribution in [2.45, 2.75) is 322 Å². The summed E-state index contributed by atoms with van der Waals surface area (Å²) in [4.78, 5) is 37.2. The lowest BCUT2D eigenvalue weighted by Crippen LogP contribution is -2.44. The fraction of sp³-hybridized carbons (Fsp3) is 0.950. The molecule has 69 heavy (non-hydrogen) atoms.